The first-order valence-electron chi connectivity index (χ1n) is 7.54. The molecule has 6 nitrogen and oxygen atoms in total. The van der Waals surface area contributed by atoms with E-state index in [0.717, 1.165) is 0 Å². The number of carbonyl (C=O) groups is 1. The Hall–Kier alpha value is -1.66. The minimum absolute atomic E-state index is 0.204. The highest BCUT2D eigenvalue weighted by atomic mass is 16.5. The van der Waals surface area contributed by atoms with Gasteiger partial charge in [-0.3, -0.25) is 4.79 Å². The van der Waals surface area contributed by atoms with Gasteiger partial charge in [-0.1, -0.05) is 0 Å². The first-order chi connectivity index (χ1) is 10.4. The van der Waals surface area contributed by atoms with Gasteiger partial charge in [0.25, 0.3) is 5.91 Å². The van der Waals surface area contributed by atoms with Crippen LogP contribution in [0, 0.1) is 6.92 Å². The van der Waals surface area contributed by atoms with Crippen molar-refractivity contribution in [3.63, 3.8) is 0 Å². The molecule has 0 saturated heterocycles. The van der Waals surface area contributed by atoms with Crippen molar-refractivity contribution >= 4 is 11.6 Å². The van der Waals surface area contributed by atoms with Crippen molar-refractivity contribution in [2.24, 2.45) is 0 Å². The standard InChI is InChI=1S/C16H26N2O4/c1-6-20-10-11-21-14-9-8-13(12(3)17-14)18-15(19)16(4,5)22-7-2/h8-9H,6-7,10-11H2,1-5H3,(H,18,19). The molecule has 1 rings (SSSR count). The van der Waals surface area contributed by atoms with Gasteiger partial charge in [0.2, 0.25) is 5.88 Å². The molecule has 0 aliphatic carbocycles. The summed E-state index contributed by atoms with van der Waals surface area (Å²) in [7, 11) is 0. The van der Waals surface area contributed by atoms with Crippen molar-refractivity contribution in [3.8, 4) is 5.88 Å². The van der Waals surface area contributed by atoms with Gasteiger partial charge in [-0.25, -0.2) is 4.98 Å². The van der Waals surface area contributed by atoms with E-state index >= 15 is 0 Å². The molecule has 1 aromatic heterocycles. The molecule has 0 unspecified atom stereocenters. The van der Waals surface area contributed by atoms with Gasteiger partial charge >= 0.3 is 0 Å². The fourth-order valence-corrected chi connectivity index (χ4v) is 1.80. The highest BCUT2D eigenvalue weighted by Gasteiger charge is 2.28. The maximum absolute atomic E-state index is 12.2. The highest BCUT2D eigenvalue weighted by Crippen LogP contribution is 2.19. The van der Waals surface area contributed by atoms with E-state index in [1.165, 1.54) is 0 Å². The van der Waals surface area contributed by atoms with E-state index in [4.69, 9.17) is 14.2 Å². The van der Waals surface area contributed by atoms with Crippen LogP contribution in [0.1, 0.15) is 33.4 Å². The number of aryl methyl sites for hydroxylation is 1. The lowest BCUT2D eigenvalue weighted by molar-refractivity contribution is -0.136. The van der Waals surface area contributed by atoms with Gasteiger partial charge in [-0.2, -0.15) is 0 Å². The van der Waals surface area contributed by atoms with Crippen LogP contribution in [0.25, 0.3) is 0 Å². The maximum atomic E-state index is 12.2. The number of anilines is 1. The molecule has 0 bridgehead atoms. The van der Waals surface area contributed by atoms with E-state index in [0.29, 0.717) is 43.7 Å². The summed E-state index contributed by atoms with van der Waals surface area (Å²) in [4.78, 5) is 16.5. The van der Waals surface area contributed by atoms with Crippen molar-refractivity contribution in [2.75, 3.05) is 31.7 Å². The van der Waals surface area contributed by atoms with Crippen molar-refractivity contribution in [2.45, 2.75) is 40.2 Å². The van der Waals surface area contributed by atoms with Crippen LogP contribution in [0.5, 0.6) is 5.88 Å². The normalized spacial score (nSPS) is 11.3. The third kappa shape index (κ3) is 5.61. The summed E-state index contributed by atoms with van der Waals surface area (Å²) in [6.45, 7) is 11.2. The van der Waals surface area contributed by atoms with Crippen LogP contribution in [-0.4, -0.2) is 42.9 Å². The summed E-state index contributed by atoms with van der Waals surface area (Å²) in [5.74, 6) is 0.309. The highest BCUT2D eigenvalue weighted by molar-refractivity contribution is 5.97. The summed E-state index contributed by atoms with van der Waals surface area (Å²) in [5.41, 5.74) is 0.456. The average molecular weight is 310 g/mol. The topological polar surface area (TPSA) is 69.7 Å². The Kier molecular flexibility index (Phi) is 7.27. The van der Waals surface area contributed by atoms with Crippen molar-refractivity contribution in [1.29, 1.82) is 0 Å². The van der Waals surface area contributed by atoms with Gasteiger partial charge < -0.3 is 19.5 Å². The van der Waals surface area contributed by atoms with Gasteiger partial charge in [0, 0.05) is 19.3 Å². The molecule has 6 heteroatoms. The maximum Gasteiger partial charge on any atom is 0.256 e. The number of carbonyl (C=O) groups excluding carboxylic acids is 1. The molecule has 0 radical (unpaired) electrons. The van der Waals surface area contributed by atoms with E-state index in [1.807, 2.05) is 20.8 Å². The SMILES string of the molecule is CCOCCOc1ccc(NC(=O)C(C)(C)OCC)c(C)n1. The van der Waals surface area contributed by atoms with Crippen LogP contribution in [-0.2, 0) is 14.3 Å². The van der Waals surface area contributed by atoms with Crippen LogP contribution < -0.4 is 10.1 Å². The Bertz CT molecular complexity index is 489. The van der Waals surface area contributed by atoms with Gasteiger partial charge in [0.15, 0.2) is 0 Å². The Labute approximate surface area is 132 Å². The first kappa shape index (κ1) is 18.4. The van der Waals surface area contributed by atoms with Crippen molar-refractivity contribution in [3.05, 3.63) is 17.8 Å². The molecule has 124 valence electrons. The zero-order valence-corrected chi connectivity index (χ0v) is 14.1. The number of pyridine rings is 1. The van der Waals surface area contributed by atoms with E-state index in [1.54, 1.807) is 26.0 Å². The zero-order chi connectivity index (χ0) is 16.6. The number of ether oxygens (including phenoxy) is 3. The number of aromatic nitrogens is 1. The summed E-state index contributed by atoms with van der Waals surface area (Å²) >= 11 is 0. The molecule has 1 N–H and O–H groups in total. The fourth-order valence-electron chi connectivity index (χ4n) is 1.80. The molecule has 0 spiro atoms. The second-order valence-electron chi connectivity index (χ2n) is 5.23. The van der Waals surface area contributed by atoms with E-state index in [-0.39, 0.29) is 5.91 Å². The van der Waals surface area contributed by atoms with Crippen LogP contribution in [0.3, 0.4) is 0 Å². The molecule has 0 aliphatic heterocycles. The molecule has 0 aliphatic rings. The van der Waals surface area contributed by atoms with Crippen molar-refractivity contribution < 1.29 is 19.0 Å². The van der Waals surface area contributed by atoms with Gasteiger partial charge in [0.1, 0.15) is 12.2 Å². The van der Waals surface area contributed by atoms with E-state index in [9.17, 15) is 4.79 Å². The van der Waals surface area contributed by atoms with Gasteiger partial charge in [0.05, 0.1) is 18.0 Å². The summed E-state index contributed by atoms with van der Waals surface area (Å²) in [5, 5.41) is 2.83. The Morgan fingerprint density at radius 3 is 2.55 bits per heavy atom. The molecule has 0 saturated carbocycles. The molecular weight excluding hydrogens is 284 g/mol. The summed E-state index contributed by atoms with van der Waals surface area (Å²) in [6.07, 6.45) is 0. The third-order valence-corrected chi connectivity index (χ3v) is 3.04. The fraction of sp³-hybridized carbons (Fsp3) is 0.625. The molecule has 0 aromatic carbocycles. The Balaban J connectivity index is 2.64. The molecule has 1 amide bonds. The molecule has 22 heavy (non-hydrogen) atoms. The summed E-state index contributed by atoms with van der Waals surface area (Å²) < 4.78 is 16.1. The zero-order valence-electron chi connectivity index (χ0n) is 14.1. The molecule has 1 aromatic rings. The van der Waals surface area contributed by atoms with Crippen LogP contribution in [0.15, 0.2) is 12.1 Å². The number of nitrogens with zero attached hydrogens (tertiary/aromatic N) is 1. The minimum Gasteiger partial charge on any atom is -0.475 e. The lowest BCUT2D eigenvalue weighted by Crippen LogP contribution is -2.40. The van der Waals surface area contributed by atoms with Crippen LogP contribution in [0.2, 0.25) is 0 Å². The number of nitrogens with one attached hydrogen (secondary N) is 1. The number of rotatable bonds is 9. The molecule has 1 heterocycles. The van der Waals surface area contributed by atoms with Gasteiger partial charge in [-0.05, 0) is 40.7 Å². The van der Waals surface area contributed by atoms with Crippen LogP contribution in [0.4, 0.5) is 5.69 Å². The first-order valence-corrected chi connectivity index (χ1v) is 7.54. The largest absolute Gasteiger partial charge is 0.475 e. The minimum atomic E-state index is -0.881. The van der Waals surface area contributed by atoms with E-state index in [2.05, 4.69) is 10.3 Å². The molecular formula is C16H26N2O4. The monoisotopic (exact) mass is 310 g/mol. The molecule has 0 atom stereocenters. The Morgan fingerprint density at radius 1 is 1.23 bits per heavy atom. The van der Waals surface area contributed by atoms with E-state index < -0.39 is 5.60 Å². The summed E-state index contributed by atoms with van der Waals surface area (Å²) in [6, 6.07) is 3.50. The number of amides is 1. The lowest BCUT2D eigenvalue weighted by Gasteiger charge is -2.23. The van der Waals surface area contributed by atoms with Crippen LogP contribution >= 0.6 is 0 Å². The quantitative estimate of drug-likeness (QED) is 0.710. The average Bonchev–Trinajstić information content (AvgIpc) is 2.46. The number of hydrogen-bond acceptors (Lipinski definition) is 5. The third-order valence-electron chi connectivity index (χ3n) is 3.04. The predicted molar refractivity (Wildman–Crippen MR) is 85.3 cm³/mol. The predicted octanol–water partition coefficient (Wildman–Crippen LogP) is 2.56. The second kappa shape index (κ2) is 8.70. The second-order valence-corrected chi connectivity index (χ2v) is 5.23. The Morgan fingerprint density at radius 2 is 1.95 bits per heavy atom. The smallest absolute Gasteiger partial charge is 0.256 e. The molecule has 0 fully saturated rings. The van der Waals surface area contributed by atoms with Crippen molar-refractivity contribution in [1.82, 2.24) is 4.98 Å². The number of hydrogen-bond donors (Lipinski definition) is 1. The van der Waals surface area contributed by atoms with Gasteiger partial charge in [-0.15, -0.1) is 0 Å². The lowest BCUT2D eigenvalue weighted by atomic mass is 10.1.